The van der Waals surface area contributed by atoms with Crippen molar-refractivity contribution in [1.29, 1.82) is 0 Å². The number of allylic oxidation sites excluding steroid dienone is 3. The first kappa shape index (κ1) is 38.4. The topological polar surface area (TPSA) is 101 Å². The van der Waals surface area contributed by atoms with Crippen molar-refractivity contribution in [3.05, 3.63) is 111 Å². The first-order chi connectivity index (χ1) is 25.2. The highest BCUT2D eigenvalue weighted by molar-refractivity contribution is 6.72. The minimum absolute atomic E-state index is 0.128. The zero-order valence-corrected chi connectivity index (χ0v) is 32.9. The van der Waals surface area contributed by atoms with Gasteiger partial charge in [-0.05, 0) is 94.6 Å². The van der Waals surface area contributed by atoms with E-state index < -0.39 is 37.6 Å². The van der Waals surface area contributed by atoms with Crippen LogP contribution < -0.4 is 15.2 Å². The van der Waals surface area contributed by atoms with Crippen LogP contribution in [-0.4, -0.2) is 67.2 Å². The molecule has 3 aliphatic heterocycles. The molecule has 4 heterocycles. The maximum Gasteiger partial charge on any atom is 0.297 e. The number of fused-ring (bicyclic) bond motifs is 3. The van der Waals surface area contributed by atoms with Gasteiger partial charge in [0, 0.05) is 42.0 Å². The van der Waals surface area contributed by atoms with E-state index in [9.17, 15) is 14.7 Å². The summed E-state index contributed by atoms with van der Waals surface area (Å²) in [5.41, 5.74) is 3.54. The van der Waals surface area contributed by atoms with Gasteiger partial charge in [-0.25, -0.2) is 0 Å². The smallest absolute Gasteiger partial charge is 0.297 e. The minimum Gasteiger partial charge on any atom is -0.491 e. The quantitative estimate of drug-likeness (QED) is 0.129. The number of amides is 2. The fourth-order valence-corrected chi connectivity index (χ4v) is 11.2. The minimum atomic E-state index is -3.58. The van der Waals surface area contributed by atoms with E-state index in [1.807, 2.05) is 37.3 Å². The number of nitrogens with zero attached hydrogens (tertiary/aromatic N) is 3. The van der Waals surface area contributed by atoms with E-state index in [-0.39, 0.29) is 36.2 Å². The Morgan fingerprint density at radius 2 is 1.81 bits per heavy atom. The summed E-state index contributed by atoms with van der Waals surface area (Å²) in [7, 11) is -2.14. The van der Waals surface area contributed by atoms with Crippen LogP contribution in [0.2, 0.25) is 18.6 Å². The van der Waals surface area contributed by atoms with Gasteiger partial charge >= 0.3 is 0 Å². The molecule has 3 aromatic rings. The van der Waals surface area contributed by atoms with Gasteiger partial charge in [0.25, 0.3) is 11.5 Å². The number of rotatable bonds is 11. The number of anilines is 1. The van der Waals surface area contributed by atoms with Crippen molar-refractivity contribution < 1.29 is 28.3 Å². The normalized spacial score (nSPS) is 24.0. The SMILES string of the molecule is COc1cccn(-c2ccc3c(c2)[C@]2(O[C@@H](CC(=O)N4Cc5ccccc5C[C@H]4CO)[C@H]([Si](C)(C)F)[C@H]2C)C(=O)N3C/C=C(\C)CCC=C(C)C)c1=O. The van der Waals surface area contributed by atoms with Crippen molar-refractivity contribution in [1.82, 2.24) is 9.47 Å². The highest BCUT2D eigenvalue weighted by Crippen LogP contribution is 2.60. The highest BCUT2D eigenvalue weighted by Gasteiger charge is 2.67. The molecule has 0 bridgehead atoms. The summed E-state index contributed by atoms with van der Waals surface area (Å²) < 4.78 is 30.4. The Labute approximate surface area is 312 Å². The van der Waals surface area contributed by atoms with E-state index in [2.05, 4.69) is 32.9 Å². The number of carbonyl (C=O) groups excluding carboxylic acids is 2. The van der Waals surface area contributed by atoms with Gasteiger partial charge in [-0.15, -0.1) is 0 Å². The van der Waals surface area contributed by atoms with Crippen LogP contribution in [0.15, 0.2) is 88.9 Å². The van der Waals surface area contributed by atoms with Crippen LogP contribution in [0.1, 0.15) is 63.6 Å². The van der Waals surface area contributed by atoms with Gasteiger partial charge in [0.15, 0.2) is 11.4 Å². The fourth-order valence-electron chi connectivity index (χ4n) is 8.67. The Kier molecular flexibility index (Phi) is 11.0. The second-order valence-electron chi connectivity index (χ2n) is 15.5. The monoisotopic (exact) mass is 741 g/mol. The number of benzene rings is 2. The lowest BCUT2D eigenvalue weighted by Crippen LogP contribution is -2.48. The first-order valence-corrected chi connectivity index (χ1v) is 21.5. The zero-order chi connectivity index (χ0) is 38.2. The summed E-state index contributed by atoms with van der Waals surface area (Å²) in [6.45, 7) is 11.7. The Hall–Kier alpha value is -4.32. The van der Waals surface area contributed by atoms with E-state index in [0.717, 1.165) is 29.5 Å². The summed E-state index contributed by atoms with van der Waals surface area (Å²) in [6.07, 6.45) is 7.13. The summed E-state index contributed by atoms with van der Waals surface area (Å²) in [6, 6.07) is 16.2. The molecule has 1 aromatic heterocycles. The van der Waals surface area contributed by atoms with E-state index in [0.29, 0.717) is 36.4 Å². The van der Waals surface area contributed by atoms with Crippen LogP contribution in [0.5, 0.6) is 5.75 Å². The second kappa shape index (κ2) is 15.2. The molecule has 0 radical (unpaired) electrons. The third-order valence-electron chi connectivity index (χ3n) is 11.3. The maximum atomic E-state index is 16.7. The number of methoxy groups -OCH3 is 1. The van der Waals surface area contributed by atoms with Crippen LogP contribution in [0.4, 0.5) is 9.80 Å². The molecular weight excluding hydrogens is 690 g/mol. The number of aliphatic hydroxyl groups is 1. The van der Waals surface area contributed by atoms with Gasteiger partial charge < -0.3 is 28.5 Å². The van der Waals surface area contributed by atoms with Gasteiger partial charge in [0.1, 0.15) is 0 Å². The van der Waals surface area contributed by atoms with Crippen molar-refractivity contribution in [3.8, 4) is 11.4 Å². The Bertz CT molecular complexity index is 2000. The maximum absolute atomic E-state index is 16.7. The first-order valence-electron chi connectivity index (χ1n) is 18.6. The number of hydrogen-bond donors (Lipinski definition) is 1. The molecule has 2 aromatic carbocycles. The second-order valence-corrected chi connectivity index (χ2v) is 19.3. The fraction of sp³-hybridized carbons (Fsp3) is 0.452. The zero-order valence-electron chi connectivity index (χ0n) is 31.9. The number of halogens is 1. The molecule has 0 unspecified atom stereocenters. The molecule has 3 aliphatic rings. The lowest BCUT2D eigenvalue weighted by atomic mass is 9.82. The number of aliphatic hydroxyl groups excluding tert-OH is 1. The van der Waals surface area contributed by atoms with E-state index in [1.165, 1.54) is 17.3 Å². The van der Waals surface area contributed by atoms with Gasteiger partial charge in [-0.1, -0.05) is 54.5 Å². The molecule has 5 atom stereocenters. The summed E-state index contributed by atoms with van der Waals surface area (Å²) >= 11 is 0. The number of pyridine rings is 1. The molecule has 282 valence electrons. The van der Waals surface area contributed by atoms with Crippen molar-refractivity contribution >= 4 is 25.9 Å². The molecule has 1 saturated heterocycles. The van der Waals surface area contributed by atoms with Crippen LogP contribution >= 0.6 is 0 Å². The summed E-state index contributed by atoms with van der Waals surface area (Å²) in [4.78, 5) is 46.0. The van der Waals surface area contributed by atoms with Gasteiger partial charge in [0.05, 0.1) is 38.0 Å². The van der Waals surface area contributed by atoms with Crippen molar-refractivity contribution in [2.75, 3.05) is 25.2 Å². The van der Waals surface area contributed by atoms with Gasteiger partial charge in [-0.3, -0.25) is 19.0 Å². The summed E-state index contributed by atoms with van der Waals surface area (Å²) in [5, 5.41) is 10.3. The molecule has 0 aliphatic carbocycles. The van der Waals surface area contributed by atoms with Crippen molar-refractivity contribution in [2.45, 2.75) is 96.3 Å². The van der Waals surface area contributed by atoms with Crippen molar-refractivity contribution in [3.63, 3.8) is 0 Å². The lowest BCUT2D eigenvalue weighted by Gasteiger charge is -2.37. The van der Waals surface area contributed by atoms with Gasteiger partial charge in [0.2, 0.25) is 14.3 Å². The lowest BCUT2D eigenvalue weighted by molar-refractivity contribution is -0.150. The molecular formula is C42H52FN3O6Si. The third kappa shape index (κ3) is 7.18. The van der Waals surface area contributed by atoms with E-state index in [1.54, 1.807) is 53.4 Å². The number of aromatic nitrogens is 1. The molecule has 2 amide bonds. The standard InChI is InChI=1S/C42H52FN3O6Si/c1-27(2)12-10-13-28(3)19-21-45-35-18-17-32(44-20-11-16-36(51-5)40(44)49)23-34(35)42(41(45)50)29(4)39(53(6,7)43)37(52-42)24-38(48)46-25-31-15-9-8-14-30(31)22-33(46)26-47/h8-9,11-12,14-20,23,29,33,37,39,47H,10,13,21-22,24-26H2,1-7H3/b28-19+/t29-,33+,37+,39-,42+/m1/s1. The van der Waals surface area contributed by atoms with Crippen LogP contribution in [0.25, 0.3) is 5.69 Å². The van der Waals surface area contributed by atoms with E-state index >= 15 is 8.90 Å². The van der Waals surface area contributed by atoms with E-state index in [4.69, 9.17) is 9.47 Å². The average Bonchev–Trinajstić information content (AvgIpc) is 3.55. The average molecular weight is 742 g/mol. The third-order valence-corrected chi connectivity index (χ3v) is 13.8. The Morgan fingerprint density at radius 1 is 1.08 bits per heavy atom. The number of hydrogen-bond acceptors (Lipinski definition) is 6. The predicted molar refractivity (Wildman–Crippen MR) is 208 cm³/mol. The molecule has 6 rings (SSSR count). The Morgan fingerprint density at radius 3 is 2.49 bits per heavy atom. The molecule has 1 fully saturated rings. The molecule has 1 N–H and O–H groups in total. The molecule has 11 heteroatoms. The number of ether oxygens (including phenoxy) is 2. The predicted octanol–water partition coefficient (Wildman–Crippen LogP) is 7.00. The molecule has 53 heavy (non-hydrogen) atoms. The van der Waals surface area contributed by atoms with Crippen molar-refractivity contribution in [2.24, 2.45) is 5.92 Å². The van der Waals surface area contributed by atoms with Crippen LogP contribution in [0.3, 0.4) is 0 Å². The molecule has 9 nitrogen and oxygen atoms in total. The van der Waals surface area contributed by atoms with Gasteiger partial charge in [-0.2, -0.15) is 0 Å². The van der Waals surface area contributed by atoms with Crippen LogP contribution in [0, 0.1) is 5.92 Å². The largest absolute Gasteiger partial charge is 0.491 e. The Balaban J connectivity index is 1.41. The molecule has 1 spiro atoms. The highest BCUT2D eigenvalue weighted by atomic mass is 28.4. The molecule has 0 saturated carbocycles. The number of carbonyl (C=O) groups is 2. The summed E-state index contributed by atoms with van der Waals surface area (Å²) in [5.74, 6) is -1.00. The van der Waals surface area contributed by atoms with Crippen LogP contribution in [-0.2, 0) is 32.9 Å².